The van der Waals surface area contributed by atoms with Crippen molar-refractivity contribution < 1.29 is 17.2 Å². The van der Waals surface area contributed by atoms with Gasteiger partial charge < -0.3 is 5.32 Å². The highest BCUT2D eigenvalue weighted by Crippen LogP contribution is 2.23. The van der Waals surface area contributed by atoms with Crippen LogP contribution < -0.4 is 10.0 Å². The van der Waals surface area contributed by atoms with Crippen molar-refractivity contribution >= 4 is 21.8 Å². The lowest BCUT2D eigenvalue weighted by atomic mass is 10.2. The lowest BCUT2D eigenvalue weighted by Crippen LogP contribution is -2.35. The molecule has 0 aliphatic carbocycles. The number of benzene rings is 1. The van der Waals surface area contributed by atoms with Crippen molar-refractivity contribution in [3.8, 4) is 0 Å². The van der Waals surface area contributed by atoms with Crippen LogP contribution in [0.3, 0.4) is 0 Å². The molecule has 1 unspecified atom stereocenters. The molecule has 0 saturated carbocycles. The molecule has 1 aliphatic heterocycles. The Balaban J connectivity index is 2.29. The van der Waals surface area contributed by atoms with Gasteiger partial charge in [0.05, 0.1) is 0 Å². The molecule has 21 heavy (non-hydrogen) atoms. The van der Waals surface area contributed by atoms with Crippen LogP contribution in [0.2, 0.25) is 0 Å². The van der Waals surface area contributed by atoms with E-state index in [9.17, 15) is 17.2 Å². The standard InChI is InChI=1S/C13H18F2N2O2S2/c1-2-16-7-9-5-11(14)13(15)12(6-9)21(18,19)17-10-3-4-20-8-10/h5-6,10,16-17H,2-4,7-8H2,1H3. The number of nitrogens with one attached hydrogen (secondary N) is 2. The maximum Gasteiger partial charge on any atom is 0.243 e. The average Bonchev–Trinajstić information content (AvgIpc) is 2.91. The molecule has 1 aromatic rings. The molecule has 1 aromatic carbocycles. The van der Waals surface area contributed by atoms with Gasteiger partial charge in [-0.15, -0.1) is 0 Å². The molecule has 8 heteroatoms. The summed E-state index contributed by atoms with van der Waals surface area (Å²) < 4.78 is 54.4. The third-order valence-electron chi connectivity index (χ3n) is 3.17. The van der Waals surface area contributed by atoms with Gasteiger partial charge in [0, 0.05) is 18.3 Å². The Morgan fingerprint density at radius 1 is 1.38 bits per heavy atom. The number of halogens is 2. The Kier molecular flexibility index (Phi) is 5.59. The van der Waals surface area contributed by atoms with E-state index >= 15 is 0 Å². The van der Waals surface area contributed by atoms with Crippen LogP contribution in [-0.4, -0.2) is 32.5 Å². The number of hydrogen-bond donors (Lipinski definition) is 2. The minimum atomic E-state index is -4.05. The van der Waals surface area contributed by atoms with Gasteiger partial charge in [-0.3, -0.25) is 0 Å². The number of sulfonamides is 1. The molecule has 2 rings (SSSR count). The highest BCUT2D eigenvalue weighted by atomic mass is 32.2. The molecule has 1 heterocycles. The van der Waals surface area contributed by atoms with E-state index in [4.69, 9.17) is 0 Å². The van der Waals surface area contributed by atoms with Crippen molar-refractivity contribution in [3.05, 3.63) is 29.3 Å². The minimum Gasteiger partial charge on any atom is -0.313 e. The van der Waals surface area contributed by atoms with E-state index in [-0.39, 0.29) is 12.6 Å². The van der Waals surface area contributed by atoms with Crippen LogP contribution in [0.15, 0.2) is 17.0 Å². The molecule has 2 N–H and O–H groups in total. The van der Waals surface area contributed by atoms with Gasteiger partial charge in [0.25, 0.3) is 0 Å². The quantitative estimate of drug-likeness (QED) is 0.832. The zero-order valence-electron chi connectivity index (χ0n) is 11.7. The number of rotatable bonds is 6. The van der Waals surface area contributed by atoms with Gasteiger partial charge in [-0.05, 0) is 36.4 Å². The van der Waals surface area contributed by atoms with Crippen molar-refractivity contribution in [2.45, 2.75) is 30.8 Å². The van der Waals surface area contributed by atoms with Crippen molar-refractivity contribution in [1.82, 2.24) is 10.0 Å². The lowest BCUT2D eigenvalue weighted by molar-refractivity contribution is 0.479. The minimum absolute atomic E-state index is 0.222. The Labute approximate surface area is 127 Å². The molecule has 0 amide bonds. The zero-order chi connectivity index (χ0) is 15.5. The highest BCUT2D eigenvalue weighted by Gasteiger charge is 2.27. The van der Waals surface area contributed by atoms with Crippen molar-refractivity contribution in [2.75, 3.05) is 18.1 Å². The fraction of sp³-hybridized carbons (Fsp3) is 0.538. The van der Waals surface area contributed by atoms with Crippen LogP contribution in [0.5, 0.6) is 0 Å². The van der Waals surface area contributed by atoms with E-state index in [1.165, 1.54) is 6.07 Å². The van der Waals surface area contributed by atoms with Crippen LogP contribution in [-0.2, 0) is 16.6 Å². The smallest absolute Gasteiger partial charge is 0.243 e. The summed E-state index contributed by atoms with van der Waals surface area (Å²) in [5, 5.41) is 2.96. The largest absolute Gasteiger partial charge is 0.313 e. The van der Waals surface area contributed by atoms with Crippen molar-refractivity contribution in [3.63, 3.8) is 0 Å². The molecule has 1 atom stereocenters. The Bertz CT molecular complexity index is 602. The summed E-state index contributed by atoms with van der Waals surface area (Å²) in [6.07, 6.45) is 0.699. The summed E-state index contributed by atoms with van der Waals surface area (Å²) >= 11 is 1.63. The molecular weight excluding hydrogens is 318 g/mol. The lowest BCUT2D eigenvalue weighted by Gasteiger charge is -2.14. The summed E-state index contributed by atoms with van der Waals surface area (Å²) in [6.45, 7) is 2.81. The molecule has 4 nitrogen and oxygen atoms in total. The van der Waals surface area contributed by atoms with Gasteiger partial charge in [-0.1, -0.05) is 6.92 Å². The van der Waals surface area contributed by atoms with Gasteiger partial charge in [0.2, 0.25) is 10.0 Å². The maximum absolute atomic E-state index is 13.9. The first-order valence-electron chi connectivity index (χ1n) is 6.72. The van der Waals surface area contributed by atoms with Gasteiger partial charge in [-0.25, -0.2) is 21.9 Å². The van der Waals surface area contributed by atoms with Crippen molar-refractivity contribution in [2.24, 2.45) is 0 Å². The van der Waals surface area contributed by atoms with Crippen LogP contribution >= 0.6 is 11.8 Å². The Morgan fingerprint density at radius 2 is 2.14 bits per heavy atom. The first-order chi connectivity index (χ1) is 9.94. The van der Waals surface area contributed by atoms with Gasteiger partial charge in [0.1, 0.15) is 4.90 Å². The monoisotopic (exact) mass is 336 g/mol. The molecule has 1 saturated heterocycles. The molecule has 1 fully saturated rings. The third kappa shape index (κ3) is 4.15. The molecule has 0 radical (unpaired) electrons. The zero-order valence-corrected chi connectivity index (χ0v) is 13.3. The number of thioether (sulfide) groups is 1. The number of hydrogen-bond acceptors (Lipinski definition) is 4. The van der Waals surface area contributed by atoms with E-state index in [0.717, 1.165) is 11.8 Å². The maximum atomic E-state index is 13.9. The van der Waals surface area contributed by atoms with E-state index in [1.807, 2.05) is 6.92 Å². The third-order valence-corrected chi connectivity index (χ3v) is 5.86. The second kappa shape index (κ2) is 7.04. The fourth-order valence-electron chi connectivity index (χ4n) is 2.09. The average molecular weight is 336 g/mol. The SMILES string of the molecule is CCNCc1cc(F)c(F)c(S(=O)(=O)NC2CCSC2)c1. The molecule has 118 valence electrons. The van der Waals surface area contributed by atoms with E-state index < -0.39 is 26.6 Å². The summed E-state index contributed by atoms with van der Waals surface area (Å²) in [6, 6.07) is 1.98. The molecule has 0 bridgehead atoms. The van der Waals surface area contributed by atoms with Crippen molar-refractivity contribution in [1.29, 1.82) is 0 Å². The Hall–Kier alpha value is -0.700. The molecule has 0 aromatic heterocycles. The first-order valence-corrected chi connectivity index (χ1v) is 9.36. The van der Waals surface area contributed by atoms with Gasteiger partial charge in [-0.2, -0.15) is 11.8 Å². The summed E-state index contributed by atoms with van der Waals surface area (Å²) in [5.41, 5.74) is 0.400. The first kappa shape index (κ1) is 16.7. The predicted octanol–water partition coefficient (Wildman–Crippen LogP) is 1.86. The summed E-state index contributed by atoms with van der Waals surface area (Å²) in [4.78, 5) is -0.618. The summed E-state index contributed by atoms with van der Waals surface area (Å²) in [5.74, 6) is -0.953. The predicted molar refractivity (Wildman–Crippen MR) is 79.8 cm³/mol. The van der Waals surface area contributed by atoms with E-state index in [2.05, 4.69) is 10.0 Å². The molecule has 0 spiro atoms. The van der Waals surface area contributed by atoms with Crippen LogP contribution in [0, 0.1) is 11.6 Å². The highest BCUT2D eigenvalue weighted by molar-refractivity contribution is 7.99. The molecule has 1 aliphatic rings. The topological polar surface area (TPSA) is 58.2 Å². The van der Waals surface area contributed by atoms with Gasteiger partial charge >= 0.3 is 0 Å². The van der Waals surface area contributed by atoms with Crippen LogP contribution in [0.1, 0.15) is 18.9 Å². The fourth-order valence-corrected chi connectivity index (χ4v) is 4.76. The normalized spacial score (nSPS) is 19.1. The summed E-state index contributed by atoms with van der Waals surface area (Å²) in [7, 11) is -4.05. The second-order valence-corrected chi connectivity index (χ2v) is 7.68. The van der Waals surface area contributed by atoms with Crippen LogP contribution in [0.4, 0.5) is 8.78 Å². The molecular formula is C13H18F2N2O2S2. The van der Waals surface area contributed by atoms with Gasteiger partial charge in [0.15, 0.2) is 11.6 Å². The second-order valence-electron chi connectivity index (χ2n) is 4.85. The van der Waals surface area contributed by atoms with E-state index in [0.29, 0.717) is 24.3 Å². The van der Waals surface area contributed by atoms with E-state index in [1.54, 1.807) is 11.8 Å². The Morgan fingerprint density at radius 3 is 2.76 bits per heavy atom. The van der Waals surface area contributed by atoms with Crippen LogP contribution in [0.25, 0.3) is 0 Å².